The number of nitrogens with zero attached hydrogens (tertiary/aromatic N) is 3. The van der Waals surface area contributed by atoms with Crippen molar-refractivity contribution < 1.29 is 46.7 Å². The number of carbonyl (C=O) groups is 3. The Bertz CT molecular complexity index is 3250. The van der Waals surface area contributed by atoms with Crippen molar-refractivity contribution in [1.29, 1.82) is 0 Å². The van der Waals surface area contributed by atoms with Crippen molar-refractivity contribution in [2.45, 2.75) is 37.4 Å². The molecule has 0 fully saturated rings. The van der Waals surface area contributed by atoms with Gasteiger partial charge in [-0.25, -0.2) is 18.9 Å². The summed E-state index contributed by atoms with van der Waals surface area (Å²) in [5.74, 6) is -1.60. The van der Waals surface area contributed by atoms with E-state index < -0.39 is 42.3 Å². The molecule has 14 heteroatoms. The van der Waals surface area contributed by atoms with Crippen LogP contribution in [0.4, 0.5) is 0 Å². The van der Waals surface area contributed by atoms with Gasteiger partial charge in [-0.1, -0.05) is 293 Å². The highest BCUT2D eigenvalue weighted by molar-refractivity contribution is 7.48. The molecule has 0 radical (unpaired) electrons. The molecular weight excluding hydrogens is 1210 g/mol. The molecule has 0 saturated heterocycles. The van der Waals surface area contributed by atoms with E-state index in [9.17, 15) is 14.4 Å². The van der Waals surface area contributed by atoms with Crippen molar-refractivity contribution in [3.63, 3.8) is 0 Å². The second-order valence-electron chi connectivity index (χ2n) is 23.1. The molecule has 0 amide bonds. The Balaban J connectivity index is 1.15. The lowest BCUT2D eigenvalue weighted by Crippen LogP contribution is -2.51. The largest absolute Gasteiger partial charge is 0.474 e. The van der Waals surface area contributed by atoms with Gasteiger partial charge in [0.1, 0.15) is 19.8 Å². The summed E-state index contributed by atoms with van der Waals surface area (Å²) in [6.45, 7) is 16.5. The van der Waals surface area contributed by atoms with E-state index >= 15 is 4.57 Å². The number of phosphoric acid groups is 1. The van der Waals surface area contributed by atoms with Gasteiger partial charge in [0.2, 0.25) is 0 Å². The molecule has 488 valence electrons. The normalized spacial score (nSPS) is 11.9. The lowest BCUT2D eigenvalue weighted by Gasteiger charge is -2.46. The molecule has 0 aromatic heterocycles. The first kappa shape index (κ1) is 69.9. The third-order valence-corrected chi connectivity index (χ3v) is 18.3. The Labute approximate surface area is 560 Å². The predicted octanol–water partition coefficient (Wildman–Crippen LogP) is 15.4. The fraction of sp³-hybridized carbons (Fsp3) is 0.222. The van der Waals surface area contributed by atoms with Gasteiger partial charge in [0.05, 0.1) is 36.4 Å². The number of hydrogen-bond donors (Lipinski definition) is 0. The molecule has 0 aliphatic heterocycles. The molecule has 13 nitrogen and oxygen atoms in total. The molecule has 0 bridgehead atoms. The zero-order valence-electron chi connectivity index (χ0n) is 54.5. The maximum absolute atomic E-state index is 16.5. The van der Waals surface area contributed by atoms with E-state index in [1.807, 2.05) is 164 Å². The minimum atomic E-state index is -4.73. The summed E-state index contributed by atoms with van der Waals surface area (Å²) in [5.41, 5.74) is 5.91. The zero-order chi connectivity index (χ0) is 66.9. The number of phosphoric ester groups is 1. The van der Waals surface area contributed by atoms with Gasteiger partial charge in [-0.3, -0.25) is 28.3 Å². The first-order chi connectivity index (χ1) is 46.2. The second kappa shape index (κ2) is 34.1. The molecule has 0 spiro atoms. The van der Waals surface area contributed by atoms with E-state index in [4.69, 9.17) is 27.8 Å². The van der Waals surface area contributed by atoms with Crippen molar-refractivity contribution >= 4 is 25.7 Å². The molecule has 95 heavy (non-hydrogen) atoms. The molecule has 0 aliphatic carbocycles. The second-order valence-corrected chi connectivity index (χ2v) is 24.8. The lowest BCUT2D eigenvalue weighted by molar-refractivity contribution is -0.140. The van der Waals surface area contributed by atoms with Gasteiger partial charge >= 0.3 is 25.7 Å². The molecule has 0 saturated carbocycles. The molecule has 9 aromatic rings. The number of benzene rings is 9. The average molecular weight is 1290 g/mol. The zero-order valence-corrected chi connectivity index (χ0v) is 55.4. The molecule has 9 aromatic carbocycles. The SMILES string of the molecule is C=C(C)C(=O)OCCN(CCOP(=O)(OCCN(CCOC(=O)C(=C)C)C(c1ccccc1)(c1ccccc1)c1ccccc1)OCCN(CCOC(=O)C(=C)C)C(c1ccccc1)(c1ccccc1)c1ccccc1)C(c1ccccc1)(c1ccccc1)c1ccccc1. The number of carbonyl (C=O) groups excluding carboxylic acids is 3. The van der Waals surface area contributed by atoms with Crippen LogP contribution in [0.25, 0.3) is 0 Å². The van der Waals surface area contributed by atoms with Gasteiger partial charge in [0, 0.05) is 56.0 Å². The van der Waals surface area contributed by atoms with Crippen LogP contribution >= 0.6 is 7.82 Å². The molecule has 0 aliphatic rings. The van der Waals surface area contributed by atoms with Crippen LogP contribution in [-0.4, -0.2) is 112 Å². The summed E-state index contributed by atoms with van der Waals surface area (Å²) in [7, 11) is -4.73. The fourth-order valence-corrected chi connectivity index (χ4v) is 13.8. The van der Waals surface area contributed by atoms with Gasteiger partial charge in [-0.15, -0.1) is 0 Å². The summed E-state index contributed by atoms with van der Waals surface area (Å²) in [6.07, 6.45) is 0. The minimum absolute atomic E-state index is 0.0301. The van der Waals surface area contributed by atoms with E-state index in [0.717, 1.165) is 50.1 Å². The van der Waals surface area contributed by atoms with Gasteiger partial charge in [0.25, 0.3) is 0 Å². The quantitative estimate of drug-likeness (QED) is 0.0121. The van der Waals surface area contributed by atoms with Crippen molar-refractivity contribution in [3.8, 4) is 0 Å². The fourth-order valence-electron chi connectivity index (χ4n) is 12.6. The first-order valence-electron chi connectivity index (χ1n) is 32.0. The van der Waals surface area contributed by atoms with E-state index in [0.29, 0.717) is 0 Å². The standard InChI is InChI=1S/C81H84N3O10P/c1-64(2)76(85)89-58-52-82(79(67-34-16-7-17-35-67,68-36-18-8-19-37-68)69-38-20-9-21-39-69)55-61-92-95(88,93-62-56-83(53-59-90-77(86)65(3)4)80(70-40-22-10-23-41-70,71-42-24-11-25-43-71)72-44-26-12-27-45-72)94-63-57-84(54-60-91-78(87)66(5)6)81(73-46-28-13-29-47-73,74-48-30-14-31-49-74)75-50-32-15-33-51-75/h7-51H,1,3,5,52-63H2,2,4,6H3. The Morgan fingerprint density at radius 3 is 0.579 bits per heavy atom. The first-order valence-corrected chi connectivity index (χ1v) is 33.5. The summed E-state index contributed by atoms with van der Waals surface area (Å²) in [4.78, 5) is 46.0. The van der Waals surface area contributed by atoms with Gasteiger partial charge in [0.15, 0.2) is 0 Å². The Kier molecular flexibility index (Phi) is 25.1. The molecule has 0 heterocycles. The van der Waals surface area contributed by atoms with Gasteiger partial charge in [-0.2, -0.15) is 0 Å². The third-order valence-electron chi connectivity index (χ3n) is 16.8. The van der Waals surface area contributed by atoms with Crippen LogP contribution in [0.1, 0.15) is 70.8 Å². The topological polar surface area (TPSA) is 133 Å². The van der Waals surface area contributed by atoms with E-state index in [1.165, 1.54) is 0 Å². The van der Waals surface area contributed by atoms with Crippen LogP contribution in [0, 0.1) is 0 Å². The summed E-state index contributed by atoms with van der Waals surface area (Å²) in [6, 6.07) is 90.9. The Hall–Kier alpha value is -9.40. The third kappa shape index (κ3) is 16.8. The maximum Gasteiger partial charge on any atom is 0.474 e. The van der Waals surface area contributed by atoms with Crippen LogP contribution in [0.2, 0.25) is 0 Å². The van der Waals surface area contributed by atoms with Gasteiger partial charge < -0.3 is 14.2 Å². The summed E-state index contributed by atoms with van der Waals surface area (Å²) in [5, 5.41) is 0. The summed E-state index contributed by atoms with van der Waals surface area (Å²) >= 11 is 0. The average Bonchev–Trinajstić information content (AvgIpc) is 0.762. The molecule has 0 N–H and O–H groups in total. The van der Waals surface area contributed by atoms with Crippen LogP contribution in [0.15, 0.2) is 309 Å². The number of ether oxygens (including phenoxy) is 3. The van der Waals surface area contributed by atoms with Crippen LogP contribution < -0.4 is 0 Å². The van der Waals surface area contributed by atoms with Crippen molar-refractivity contribution in [3.05, 3.63) is 360 Å². The monoisotopic (exact) mass is 1290 g/mol. The predicted molar refractivity (Wildman–Crippen MR) is 375 cm³/mol. The highest BCUT2D eigenvalue weighted by Gasteiger charge is 2.46. The smallest absolute Gasteiger partial charge is 0.461 e. The lowest BCUT2D eigenvalue weighted by atomic mass is 9.75. The summed E-state index contributed by atoms with van der Waals surface area (Å²) < 4.78 is 54.6. The van der Waals surface area contributed by atoms with E-state index in [2.05, 4.69) is 144 Å². The Morgan fingerprint density at radius 1 is 0.284 bits per heavy atom. The van der Waals surface area contributed by atoms with Crippen molar-refractivity contribution in [1.82, 2.24) is 14.7 Å². The highest BCUT2D eigenvalue weighted by atomic mass is 31.2. The van der Waals surface area contributed by atoms with Crippen molar-refractivity contribution in [2.75, 3.05) is 78.9 Å². The maximum atomic E-state index is 16.5. The van der Waals surface area contributed by atoms with Gasteiger partial charge in [-0.05, 0) is 70.8 Å². The van der Waals surface area contributed by atoms with Crippen LogP contribution in [0.5, 0.6) is 0 Å². The Morgan fingerprint density at radius 2 is 0.432 bits per heavy atom. The van der Waals surface area contributed by atoms with E-state index in [1.54, 1.807) is 20.8 Å². The number of hydrogen-bond acceptors (Lipinski definition) is 13. The van der Waals surface area contributed by atoms with Crippen LogP contribution in [0.3, 0.4) is 0 Å². The van der Waals surface area contributed by atoms with E-state index in [-0.39, 0.29) is 95.6 Å². The molecular formula is C81H84N3O10P. The molecule has 0 atom stereocenters. The molecule has 9 rings (SSSR count). The number of esters is 3. The minimum Gasteiger partial charge on any atom is -0.461 e. The molecule has 0 unspecified atom stereocenters. The number of rotatable bonds is 36. The van der Waals surface area contributed by atoms with Crippen LogP contribution in [-0.2, 0) is 63.3 Å². The highest BCUT2D eigenvalue weighted by Crippen LogP contribution is 2.52. The van der Waals surface area contributed by atoms with Crippen molar-refractivity contribution in [2.24, 2.45) is 0 Å².